The predicted molar refractivity (Wildman–Crippen MR) is 46.2 cm³/mol. The van der Waals surface area contributed by atoms with Crippen molar-refractivity contribution in [3.05, 3.63) is 0 Å². The normalized spacial score (nSPS) is 9.00. The van der Waals surface area contributed by atoms with Gasteiger partial charge in [0, 0.05) is 30.5 Å². The monoisotopic (exact) mass is 250 g/mol. The Bertz CT molecular complexity index is 42.5. The molecule has 0 aliphatic carbocycles. The molecule has 0 aliphatic heterocycles. The van der Waals surface area contributed by atoms with Gasteiger partial charge in [0.1, 0.15) is 0 Å². The van der Waals surface area contributed by atoms with E-state index in [2.05, 4.69) is 6.92 Å². The molecule has 0 saturated heterocycles. The molecule has 0 atom stereocenters. The molecule has 0 heterocycles. The number of aliphatic hydroxyl groups is 1. The third kappa shape index (κ3) is 11.5. The average molecular weight is 249 g/mol. The van der Waals surface area contributed by atoms with Gasteiger partial charge in [-0.25, -0.2) is 0 Å². The van der Waals surface area contributed by atoms with Gasteiger partial charge in [0.25, 0.3) is 0 Å². The van der Waals surface area contributed by atoms with Crippen molar-refractivity contribution in [2.75, 3.05) is 6.61 Å². The Morgan fingerprint density at radius 1 is 0.900 bits per heavy atom. The third-order valence-electron chi connectivity index (χ3n) is 1.51. The van der Waals surface area contributed by atoms with Gasteiger partial charge in [-0.1, -0.05) is 39.0 Å². The first-order valence-corrected chi connectivity index (χ1v) is 4.02. The van der Waals surface area contributed by atoms with Crippen molar-refractivity contribution in [1.29, 1.82) is 0 Å². The number of rotatable bonds is 6. The van der Waals surface area contributed by atoms with Crippen LogP contribution in [0.15, 0.2) is 0 Å². The molecule has 4 radical (unpaired) electrons. The molecule has 0 aromatic carbocycles. The van der Waals surface area contributed by atoms with Crippen molar-refractivity contribution in [3.8, 4) is 0 Å². The summed E-state index contributed by atoms with van der Waals surface area (Å²) in [7, 11) is 0. The molecule has 0 fully saturated rings. The van der Waals surface area contributed by atoms with E-state index in [0.717, 1.165) is 6.42 Å². The van der Waals surface area contributed by atoms with E-state index in [-0.39, 0.29) is 23.9 Å². The van der Waals surface area contributed by atoms with E-state index in [1.165, 1.54) is 32.1 Å². The molecule has 0 unspecified atom stereocenters. The predicted octanol–water partition coefficient (Wildman–Crippen LogP) is 1.96. The van der Waals surface area contributed by atoms with Crippen LogP contribution in [0, 0.1) is 0 Å². The zero-order valence-corrected chi connectivity index (χ0v) is 9.75. The summed E-state index contributed by atoms with van der Waals surface area (Å²) in [6, 6.07) is 0. The molecule has 0 aromatic heterocycles. The molecule has 2 heteroatoms. The van der Waals surface area contributed by atoms with E-state index in [1.54, 1.807) is 0 Å². The van der Waals surface area contributed by atoms with Gasteiger partial charge < -0.3 is 5.11 Å². The Balaban J connectivity index is 0. The Morgan fingerprint density at radius 3 is 1.90 bits per heavy atom. The van der Waals surface area contributed by atoms with Gasteiger partial charge in [-0.3, -0.25) is 0 Å². The van der Waals surface area contributed by atoms with Crippen LogP contribution in [0.3, 0.4) is 0 Å². The van der Waals surface area contributed by atoms with Gasteiger partial charge >= 0.3 is 0 Å². The van der Waals surface area contributed by atoms with Gasteiger partial charge in [-0.2, -0.15) is 0 Å². The van der Waals surface area contributed by atoms with Crippen molar-refractivity contribution in [1.82, 2.24) is 0 Å². The van der Waals surface area contributed by atoms with Crippen LogP contribution in [-0.2, 0) is 0 Å². The second-order valence-electron chi connectivity index (χ2n) is 2.49. The smallest absolute Gasteiger partial charge is 0.0431 e. The standard InChI is InChI=1S/C8H18O.Sn/c1-2-3-4-5-6-7-8-9;/h9H,2-8H2,1H3;. The summed E-state index contributed by atoms with van der Waals surface area (Å²) in [5.41, 5.74) is 0. The van der Waals surface area contributed by atoms with Crippen LogP contribution in [0.5, 0.6) is 0 Å². The van der Waals surface area contributed by atoms with Crippen molar-refractivity contribution < 1.29 is 5.11 Å². The average Bonchev–Trinajstić information content (AvgIpc) is 1.89. The minimum absolute atomic E-state index is 0. The summed E-state index contributed by atoms with van der Waals surface area (Å²) in [5.74, 6) is 0. The Morgan fingerprint density at radius 2 is 1.40 bits per heavy atom. The minimum Gasteiger partial charge on any atom is -0.396 e. The van der Waals surface area contributed by atoms with Crippen LogP contribution in [0.2, 0.25) is 0 Å². The second-order valence-corrected chi connectivity index (χ2v) is 2.49. The number of hydrogen-bond donors (Lipinski definition) is 1. The SMILES string of the molecule is CCCCCCCCO.[Sn]. The molecule has 0 spiro atoms. The van der Waals surface area contributed by atoms with E-state index >= 15 is 0 Å². The molecular formula is C8H18OSn. The third-order valence-corrected chi connectivity index (χ3v) is 1.51. The van der Waals surface area contributed by atoms with Gasteiger partial charge in [0.2, 0.25) is 0 Å². The number of hydrogen-bond acceptors (Lipinski definition) is 1. The van der Waals surface area contributed by atoms with Gasteiger partial charge in [0.05, 0.1) is 0 Å². The van der Waals surface area contributed by atoms with Crippen LogP contribution < -0.4 is 0 Å². The molecule has 0 rings (SSSR count). The summed E-state index contributed by atoms with van der Waals surface area (Å²) in [4.78, 5) is 0. The molecule has 0 aromatic rings. The molecule has 0 amide bonds. The molecule has 10 heavy (non-hydrogen) atoms. The van der Waals surface area contributed by atoms with E-state index in [9.17, 15) is 0 Å². The van der Waals surface area contributed by atoms with Crippen LogP contribution >= 0.6 is 0 Å². The molecule has 0 saturated carbocycles. The van der Waals surface area contributed by atoms with E-state index in [1.807, 2.05) is 0 Å². The fourth-order valence-corrected chi connectivity index (χ4v) is 0.892. The first-order valence-electron chi connectivity index (χ1n) is 4.02. The molecule has 0 bridgehead atoms. The Hall–Kier alpha value is 0.759. The maximum atomic E-state index is 8.42. The fourth-order valence-electron chi connectivity index (χ4n) is 0.892. The maximum Gasteiger partial charge on any atom is 0.0431 e. The Kier molecular flexibility index (Phi) is 16.6. The van der Waals surface area contributed by atoms with Gasteiger partial charge in [-0.15, -0.1) is 0 Å². The summed E-state index contributed by atoms with van der Waals surface area (Å²) in [5, 5.41) is 8.42. The molecule has 1 N–H and O–H groups in total. The molecule has 0 aliphatic rings. The summed E-state index contributed by atoms with van der Waals surface area (Å²) >= 11 is 0. The molecular weight excluding hydrogens is 231 g/mol. The number of aliphatic hydroxyl groups excluding tert-OH is 1. The zero-order valence-electron chi connectivity index (χ0n) is 6.90. The van der Waals surface area contributed by atoms with Crippen LogP contribution in [-0.4, -0.2) is 35.6 Å². The first-order chi connectivity index (χ1) is 4.41. The quantitative estimate of drug-likeness (QED) is 0.563. The van der Waals surface area contributed by atoms with E-state index in [4.69, 9.17) is 5.11 Å². The second kappa shape index (κ2) is 12.4. The van der Waals surface area contributed by atoms with Gasteiger partial charge in [-0.05, 0) is 6.42 Å². The van der Waals surface area contributed by atoms with Crippen molar-refractivity contribution >= 4 is 23.9 Å². The van der Waals surface area contributed by atoms with Gasteiger partial charge in [0.15, 0.2) is 0 Å². The van der Waals surface area contributed by atoms with Crippen LogP contribution in [0.1, 0.15) is 45.4 Å². The van der Waals surface area contributed by atoms with Crippen molar-refractivity contribution in [3.63, 3.8) is 0 Å². The van der Waals surface area contributed by atoms with Crippen LogP contribution in [0.4, 0.5) is 0 Å². The van der Waals surface area contributed by atoms with E-state index in [0.29, 0.717) is 6.61 Å². The van der Waals surface area contributed by atoms with Crippen molar-refractivity contribution in [2.45, 2.75) is 45.4 Å². The first kappa shape index (κ1) is 13.4. The van der Waals surface area contributed by atoms with Crippen LogP contribution in [0.25, 0.3) is 0 Å². The molecule has 60 valence electrons. The van der Waals surface area contributed by atoms with E-state index < -0.39 is 0 Å². The Labute approximate surface area is 81.2 Å². The summed E-state index contributed by atoms with van der Waals surface area (Å²) in [6.07, 6.45) is 7.50. The number of unbranched alkanes of at least 4 members (excludes halogenated alkanes) is 5. The molecule has 1 nitrogen and oxygen atoms in total. The largest absolute Gasteiger partial charge is 0.396 e. The summed E-state index contributed by atoms with van der Waals surface area (Å²) in [6.45, 7) is 2.58. The maximum absolute atomic E-state index is 8.42. The zero-order chi connectivity index (χ0) is 6.95. The summed E-state index contributed by atoms with van der Waals surface area (Å²) < 4.78 is 0. The topological polar surface area (TPSA) is 20.2 Å². The fraction of sp³-hybridized carbons (Fsp3) is 1.00. The minimum atomic E-state index is 0. The van der Waals surface area contributed by atoms with Crippen molar-refractivity contribution in [2.24, 2.45) is 0 Å².